The van der Waals surface area contributed by atoms with Crippen molar-refractivity contribution >= 4 is 11.7 Å². The average molecular weight is 444 g/mol. The van der Waals surface area contributed by atoms with Gasteiger partial charge in [0.25, 0.3) is 0 Å². The highest BCUT2D eigenvalue weighted by molar-refractivity contribution is 5.89. The van der Waals surface area contributed by atoms with Gasteiger partial charge in [-0.05, 0) is 25.5 Å². The van der Waals surface area contributed by atoms with Crippen LogP contribution in [0, 0.1) is 0 Å². The van der Waals surface area contributed by atoms with Gasteiger partial charge in [0.15, 0.2) is 0 Å². The Kier molecular flexibility index (Phi) is 14.2. The lowest BCUT2D eigenvalue weighted by Crippen LogP contribution is -2.52. The molecule has 1 atom stereocenters. The third-order valence-corrected chi connectivity index (χ3v) is 6.98. The summed E-state index contributed by atoms with van der Waals surface area (Å²) in [7, 11) is 0. The first-order valence-electron chi connectivity index (χ1n) is 13.6. The average Bonchev–Trinajstić information content (AvgIpc) is 2.82. The van der Waals surface area contributed by atoms with Crippen LogP contribution in [-0.2, 0) is 0 Å². The zero-order valence-corrected chi connectivity index (χ0v) is 21.0. The molecular formula is C28H49N3O. The predicted octanol–water partition coefficient (Wildman–Crippen LogP) is 7.71. The van der Waals surface area contributed by atoms with E-state index in [1.165, 1.54) is 89.9 Å². The van der Waals surface area contributed by atoms with Gasteiger partial charge < -0.3 is 10.2 Å². The maximum absolute atomic E-state index is 12.4. The zero-order valence-electron chi connectivity index (χ0n) is 21.0. The van der Waals surface area contributed by atoms with E-state index in [1.807, 2.05) is 35.2 Å². The van der Waals surface area contributed by atoms with Gasteiger partial charge in [0.05, 0.1) is 0 Å². The molecule has 0 bridgehead atoms. The van der Waals surface area contributed by atoms with Crippen LogP contribution in [0.5, 0.6) is 0 Å². The van der Waals surface area contributed by atoms with Crippen LogP contribution in [0.25, 0.3) is 0 Å². The van der Waals surface area contributed by atoms with Crippen molar-refractivity contribution in [2.45, 2.75) is 110 Å². The smallest absolute Gasteiger partial charge is 0.321 e. The Labute approximate surface area is 198 Å². The van der Waals surface area contributed by atoms with E-state index in [9.17, 15) is 4.79 Å². The third-order valence-electron chi connectivity index (χ3n) is 6.98. The third kappa shape index (κ3) is 11.4. The lowest BCUT2D eigenvalue weighted by atomic mass is 10.0. The van der Waals surface area contributed by atoms with Crippen molar-refractivity contribution in [3.05, 3.63) is 30.3 Å². The van der Waals surface area contributed by atoms with E-state index in [2.05, 4.69) is 24.1 Å². The summed E-state index contributed by atoms with van der Waals surface area (Å²) in [6, 6.07) is 10.4. The number of carbonyl (C=O) groups excluding carboxylic acids is 1. The molecule has 2 rings (SSSR count). The summed E-state index contributed by atoms with van der Waals surface area (Å²) < 4.78 is 0. The highest BCUT2D eigenvalue weighted by Gasteiger charge is 2.23. The molecule has 0 spiro atoms. The fourth-order valence-corrected chi connectivity index (χ4v) is 4.73. The normalized spacial score (nSPS) is 15.6. The number of hydrogen-bond donors (Lipinski definition) is 1. The summed E-state index contributed by atoms with van der Waals surface area (Å²) in [6.07, 6.45) is 19.7. The van der Waals surface area contributed by atoms with Crippen LogP contribution >= 0.6 is 0 Å². The predicted molar refractivity (Wildman–Crippen MR) is 138 cm³/mol. The van der Waals surface area contributed by atoms with Gasteiger partial charge in [-0.3, -0.25) is 4.90 Å². The molecule has 1 N–H and O–H groups in total. The van der Waals surface area contributed by atoms with E-state index in [0.717, 1.165) is 31.9 Å². The molecule has 4 nitrogen and oxygen atoms in total. The lowest BCUT2D eigenvalue weighted by molar-refractivity contribution is 0.114. The van der Waals surface area contributed by atoms with Gasteiger partial charge in [-0.25, -0.2) is 4.79 Å². The maximum Gasteiger partial charge on any atom is 0.321 e. The largest absolute Gasteiger partial charge is 0.322 e. The highest BCUT2D eigenvalue weighted by Crippen LogP contribution is 2.16. The van der Waals surface area contributed by atoms with Crippen molar-refractivity contribution < 1.29 is 4.79 Å². The van der Waals surface area contributed by atoms with Crippen molar-refractivity contribution in [1.29, 1.82) is 0 Å². The molecule has 32 heavy (non-hydrogen) atoms. The van der Waals surface area contributed by atoms with Crippen LogP contribution in [0.2, 0.25) is 0 Å². The van der Waals surface area contributed by atoms with Crippen molar-refractivity contribution in [1.82, 2.24) is 9.80 Å². The minimum Gasteiger partial charge on any atom is -0.322 e. The summed E-state index contributed by atoms with van der Waals surface area (Å²) in [6.45, 7) is 8.27. The van der Waals surface area contributed by atoms with Crippen molar-refractivity contribution in [2.24, 2.45) is 0 Å². The molecule has 4 heteroatoms. The Morgan fingerprint density at radius 2 is 1.28 bits per heavy atom. The molecule has 0 aromatic heterocycles. The van der Waals surface area contributed by atoms with Crippen molar-refractivity contribution in [2.75, 3.05) is 31.5 Å². The molecule has 0 saturated carbocycles. The molecule has 182 valence electrons. The second-order valence-electron chi connectivity index (χ2n) is 9.70. The molecule has 1 aromatic carbocycles. The minimum absolute atomic E-state index is 0.0278. The van der Waals surface area contributed by atoms with Gasteiger partial charge in [0.1, 0.15) is 0 Å². The number of amides is 2. The monoisotopic (exact) mass is 443 g/mol. The number of rotatable bonds is 16. The Balaban J connectivity index is 1.43. The fourth-order valence-electron chi connectivity index (χ4n) is 4.73. The Bertz CT molecular complexity index is 584. The Morgan fingerprint density at radius 1 is 0.781 bits per heavy atom. The lowest BCUT2D eigenvalue weighted by Gasteiger charge is -2.38. The SMILES string of the molecule is CCCCCCCCCCCCCCCC(C)N1CCN(C(=O)Nc2ccccc2)CC1. The van der Waals surface area contributed by atoms with E-state index in [0.29, 0.717) is 6.04 Å². The highest BCUT2D eigenvalue weighted by atomic mass is 16.2. The molecule has 1 fully saturated rings. The van der Waals surface area contributed by atoms with Crippen LogP contribution in [-0.4, -0.2) is 48.1 Å². The summed E-state index contributed by atoms with van der Waals surface area (Å²) >= 11 is 0. The number of piperazine rings is 1. The van der Waals surface area contributed by atoms with E-state index < -0.39 is 0 Å². The van der Waals surface area contributed by atoms with Crippen LogP contribution in [0.15, 0.2) is 30.3 Å². The number of hydrogen-bond acceptors (Lipinski definition) is 2. The molecular weight excluding hydrogens is 394 g/mol. The number of carbonyl (C=O) groups is 1. The van der Waals surface area contributed by atoms with Gasteiger partial charge in [0.2, 0.25) is 0 Å². The Hall–Kier alpha value is -1.55. The van der Waals surface area contributed by atoms with E-state index >= 15 is 0 Å². The number of benzene rings is 1. The quantitative estimate of drug-likeness (QED) is 0.266. The van der Waals surface area contributed by atoms with Crippen LogP contribution in [0.4, 0.5) is 10.5 Å². The van der Waals surface area contributed by atoms with Gasteiger partial charge >= 0.3 is 6.03 Å². The van der Waals surface area contributed by atoms with Gasteiger partial charge in [-0.2, -0.15) is 0 Å². The number of urea groups is 1. The van der Waals surface area contributed by atoms with Gasteiger partial charge in [-0.15, -0.1) is 0 Å². The molecule has 1 saturated heterocycles. The van der Waals surface area contributed by atoms with Crippen molar-refractivity contribution in [3.8, 4) is 0 Å². The maximum atomic E-state index is 12.4. The number of anilines is 1. The summed E-state index contributed by atoms with van der Waals surface area (Å²) in [5.74, 6) is 0. The molecule has 1 unspecified atom stereocenters. The van der Waals surface area contributed by atoms with Crippen LogP contribution in [0.1, 0.15) is 104 Å². The topological polar surface area (TPSA) is 35.6 Å². The molecule has 0 aliphatic carbocycles. The first-order chi connectivity index (χ1) is 15.7. The van der Waals surface area contributed by atoms with E-state index in [4.69, 9.17) is 0 Å². The summed E-state index contributed by atoms with van der Waals surface area (Å²) in [5.41, 5.74) is 0.871. The fraction of sp³-hybridized carbons (Fsp3) is 0.750. The first-order valence-corrected chi connectivity index (χ1v) is 13.6. The van der Waals surface area contributed by atoms with Gasteiger partial charge in [-0.1, -0.05) is 109 Å². The summed E-state index contributed by atoms with van der Waals surface area (Å²) in [4.78, 5) is 17.0. The Morgan fingerprint density at radius 3 is 1.81 bits per heavy atom. The number of nitrogens with zero attached hydrogens (tertiary/aromatic N) is 2. The number of unbranched alkanes of at least 4 members (excludes halogenated alkanes) is 12. The molecule has 0 radical (unpaired) electrons. The number of para-hydroxylation sites is 1. The van der Waals surface area contributed by atoms with E-state index in [-0.39, 0.29) is 6.03 Å². The molecule has 1 heterocycles. The standard InChI is InChI=1S/C28H49N3O/c1-3-4-5-6-7-8-9-10-11-12-13-14-16-19-26(2)30-22-24-31(25-23-30)28(32)29-27-20-17-15-18-21-27/h15,17-18,20-21,26H,3-14,16,19,22-25H2,1-2H3,(H,29,32). The first kappa shape index (κ1) is 26.7. The van der Waals surface area contributed by atoms with Gasteiger partial charge in [0, 0.05) is 37.9 Å². The van der Waals surface area contributed by atoms with Crippen LogP contribution < -0.4 is 5.32 Å². The molecule has 1 aliphatic heterocycles. The molecule has 2 amide bonds. The summed E-state index contributed by atoms with van der Waals surface area (Å²) in [5, 5.41) is 3.00. The van der Waals surface area contributed by atoms with Crippen molar-refractivity contribution in [3.63, 3.8) is 0 Å². The molecule has 1 aliphatic rings. The van der Waals surface area contributed by atoms with Crippen LogP contribution in [0.3, 0.4) is 0 Å². The minimum atomic E-state index is 0.0278. The number of nitrogens with one attached hydrogen (secondary N) is 1. The zero-order chi connectivity index (χ0) is 22.9. The second kappa shape index (κ2) is 17.0. The second-order valence-corrected chi connectivity index (χ2v) is 9.70. The van der Waals surface area contributed by atoms with E-state index in [1.54, 1.807) is 0 Å². The molecule has 1 aromatic rings.